The molecule has 0 aromatic carbocycles. The predicted octanol–water partition coefficient (Wildman–Crippen LogP) is 7.66. The van der Waals surface area contributed by atoms with Crippen molar-refractivity contribution in [1.29, 1.82) is 0 Å². The van der Waals surface area contributed by atoms with Crippen LogP contribution in [0.5, 0.6) is 0 Å². The molecule has 1 aliphatic carbocycles. The monoisotopic (exact) mass is 280 g/mol. The number of hydrogen-bond acceptors (Lipinski definition) is 0. The van der Waals surface area contributed by atoms with Gasteiger partial charge in [0.15, 0.2) is 0 Å². The van der Waals surface area contributed by atoms with Crippen LogP contribution in [0.2, 0.25) is 0 Å². The van der Waals surface area contributed by atoms with Crippen LogP contribution >= 0.6 is 0 Å². The molecule has 0 amide bonds. The van der Waals surface area contributed by atoms with Crippen molar-refractivity contribution in [3.63, 3.8) is 0 Å². The fourth-order valence-electron chi connectivity index (χ4n) is 3.63. The van der Waals surface area contributed by atoms with Gasteiger partial charge in [0.25, 0.3) is 0 Å². The van der Waals surface area contributed by atoms with Crippen LogP contribution in [-0.2, 0) is 0 Å². The summed E-state index contributed by atoms with van der Waals surface area (Å²) in [4.78, 5) is 0. The van der Waals surface area contributed by atoms with E-state index in [0.717, 1.165) is 0 Å². The first-order valence-corrected chi connectivity index (χ1v) is 9.71. The minimum atomic E-state index is 0.603. The van der Waals surface area contributed by atoms with E-state index in [1.54, 1.807) is 0 Å². The fraction of sp³-hybridized carbons (Fsp3) is 1.00. The zero-order valence-electron chi connectivity index (χ0n) is 14.5. The fourth-order valence-corrected chi connectivity index (χ4v) is 3.63. The van der Waals surface area contributed by atoms with E-state index in [0.29, 0.717) is 5.41 Å². The van der Waals surface area contributed by atoms with Crippen LogP contribution in [0.3, 0.4) is 0 Å². The van der Waals surface area contributed by atoms with Crippen molar-refractivity contribution in [2.75, 3.05) is 0 Å². The summed E-state index contributed by atoms with van der Waals surface area (Å²) in [6, 6.07) is 0. The first kappa shape index (κ1) is 18.1. The third-order valence-corrected chi connectivity index (χ3v) is 5.21. The van der Waals surface area contributed by atoms with Crippen molar-refractivity contribution in [1.82, 2.24) is 0 Å². The van der Waals surface area contributed by atoms with Crippen molar-refractivity contribution in [2.24, 2.45) is 5.41 Å². The summed E-state index contributed by atoms with van der Waals surface area (Å²) in [7, 11) is 0. The molecule has 120 valence electrons. The molecule has 0 saturated heterocycles. The molecule has 0 heterocycles. The second kappa shape index (κ2) is 11.6. The van der Waals surface area contributed by atoms with Crippen molar-refractivity contribution < 1.29 is 0 Å². The standard InChI is InChI=1S/C20H40/c1-20(2)18-16-14-12-10-8-6-4-3-5-7-9-11-13-15-17-19-20/h3-19H2,1-2H3. The van der Waals surface area contributed by atoms with Gasteiger partial charge >= 0.3 is 0 Å². The highest BCUT2D eigenvalue weighted by Gasteiger charge is 2.16. The lowest BCUT2D eigenvalue weighted by Crippen LogP contribution is -2.11. The van der Waals surface area contributed by atoms with E-state index in [-0.39, 0.29) is 0 Å². The Labute approximate surface area is 129 Å². The number of rotatable bonds is 0. The van der Waals surface area contributed by atoms with Crippen molar-refractivity contribution in [2.45, 2.75) is 123 Å². The topological polar surface area (TPSA) is 0 Å². The highest BCUT2D eigenvalue weighted by atomic mass is 14.2. The average molecular weight is 281 g/mol. The van der Waals surface area contributed by atoms with Gasteiger partial charge < -0.3 is 0 Å². The first-order chi connectivity index (χ1) is 9.71. The molecule has 0 aromatic heterocycles. The Balaban J connectivity index is 2.18. The Hall–Kier alpha value is 0. The van der Waals surface area contributed by atoms with Crippen LogP contribution in [0.1, 0.15) is 123 Å². The molecule has 1 aliphatic rings. The maximum atomic E-state index is 2.49. The molecule has 0 aromatic rings. The second-order valence-corrected chi connectivity index (χ2v) is 7.97. The molecule has 20 heavy (non-hydrogen) atoms. The molecule has 1 fully saturated rings. The predicted molar refractivity (Wildman–Crippen MR) is 92.3 cm³/mol. The zero-order valence-corrected chi connectivity index (χ0v) is 14.5. The van der Waals surface area contributed by atoms with E-state index in [1.165, 1.54) is 109 Å². The zero-order chi connectivity index (χ0) is 14.5. The Morgan fingerprint density at radius 3 is 0.800 bits per heavy atom. The summed E-state index contributed by atoms with van der Waals surface area (Å²) in [5.41, 5.74) is 0.603. The molecule has 0 bridgehead atoms. The maximum Gasteiger partial charge on any atom is -0.0354 e. The molecule has 0 radical (unpaired) electrons. The summed E-state index contributed by atoms with van der Waals surface area (Å²) in [5.74, 6) is 0. The molecule has 0 aliphatic heterocycles. The van der Waals surface area contributed by atoms with Crippen molar-refractivity contribution in [3.05, 3.63) is 0 Å². The molecule has 1 saturated carbocycles. The van der Waals surface area contributed by atoms with Crippen molar-refractivity contribution in [3.8, 4) is 0 Å². The van der Waals surface area contributed by atoms with Crippen LogP contribution < -0.4 is 0 Å². The molecule has 0 unspecified atom stereocenters. The summed E-state index contributed by atoms with van der Waals surface area (Å²) < 4.78 is 0. The maximum absolute atomic E-state index is 2.49. The smallest absolute Gasteiger partial charge is 0.0354 e. The third kappa shape index (κ3) is 10.7. The van der Waals surface area contributed by atoms with E-state index >= 15 is 0 Å². The summed E-state index contributed by atoms with van der Waals surface area (Å²) in [5, 5.41) is 0. The van der Waals surface area contributed by atoms with E-state index in [2.05, 4.69) is 13.8 Å². The minimum absolute atomic E-state index is 0.603. The van der Waals surface area contributed by atoms with Gasteiger partial charge in [-0.1, -0.05) is 110 Å². The summed E-state index contributed by atoms with van der Waals surface area (Å²) >= 11 is 0. The van der Waals surface area contributed by atoms with E-state index in [1.807, 2.05) is 0 Å². The van der Waals surface area contributed by atoms with Gasteiger partial charge in [0.1, 0.15) is 0 Å². The lowest BCUT2D eigenvalue weighted by molar-refractivity contribution is 0.281. The first-order valence-electron chi connectivity index (χ1n) is 9.71. The second-order valence-electron chi connectivity index (χ2n) is 7.97. The molecule has 0 heteroatoms. The lowest BCUT2D eigenvalue weighted by atomic mass is 9.81. The van der Waals surface area contributed by atoms with Crippen LogP contribution in [0.25, 0.3) is 0 Å². The summed E-state index contributed by atoms with van der Waals surface area (Å²) in [6.07, 6.45) is 25.2. The van der Waals surface area contributed by atoms with Gasteiger partial charge in [-0.15, -0.1) is 0 Å². The van der Waals surface area contributed by atoms with Crippen LogP contribution in [0.4, 0.5) is 0 Å². The highest BCUT2D eigenvalue weighted by Crippen LogP contribution is 2.30. The largest absolute Gasteiger partial charge is 0.0599 e. The van der Waals surface area contributed by atoms with Gasteiger partial charge in [0.2, 0.25) is 0 Å². The molecule has 0 N–H and O–H groups in total. The van der Waals surface area contributed by atoms with Gasteiger partial charge in [-0.3, -0.25) is 0 Å². The van der Waals surface area contributed by atoms with E-state index in [4.69, 9.17) is 0 Å². The molecular formula is C20H40. The van der Waals surface area contributed by atoms with E-state index < -0.39 is 0 Å². The number of hydrogen-bond donors (Lipinski definition) is 0. The molecule has 1 rings (SSSR count). The van der Waals surface area contributed by atoms with Gasteiger partial charge in [-0.05, 0) is 18.3 Å². The SMILES string of the molecule is CC1(C)CCCCCCCCCCCCCCCCC1. The summed E-state index contributed by atoms with van der Waals surface area (Å²) in [6.45, 7) is 4.98. The van der Waals surface area contributed by atoms with Gasteiger partial charge in [-0.25, -0.2) is 0 Å². The minimum Gasteiger partial charge on any atom is -0.0599 e. The lowest BCUT2D eigenvalue weighted by Gasteiger charge is -2.24. The highest BCUT2D eigenvalue weighted by molar-refractivity contribution is 4.69. The van der Waals surface area contributed by atoms with Crippen LogP contribution in [0.15, 0.2) is 0 Å². The van der Waals surface area contributed by atoms with Crippen LogP contribution in [-0.4, -0.2) is 0 Å². The van der Waals surface area contributed by atoms with Gasteiger partial charge in [0.05, 0.1) is 0 Å². The normalized spacial score (nSPS) is 25.5. The molecule has 0 spiro atoms. The van der Waals surface area contributed by atoms with E-state index in [9.17, 15) is 0 Å². The Morgan fingerprint density at radius 2 is 0.550 bits per heavy atom. The molecular weight excluding hydrogens is 240 g/mol. The quantitative estimate of drug-likeness (QED) is 0.427. The van der Waals surface area contributed by atoms with Crippen LogP contribution in [0, 0.1) is 5.41 Å². The Bertz CT molecular complexity index is 184. The molecule has 0 nitrogen and oxygen atoms in total. The Morgan fingerprint density at radius 1 is 0.350 bits per heavy atom. The average Bonchev–Trinajstić information content (AvgIpc) is 2.41. The van der Waals surface area contributed by atoms with Gasteiger partial charge in [0, 0.05) is 0 Å². The van der Waals surface area contributed by atoms with Crippen molar-refractivity contribution >= 4 is 0 Å². The molecule has 0 atom stereocenters. The Kier molecular flexibility index (Phi) is 10.5. The van der Waals surface area contributed by atoms with Gasteiger partial charge in [-0.2, -0.15) is 0 Å². The third-order valence-electron chi connectivity index (χ3n) is 5.21.